The topological polar surface area (TPSA) is 71.3 Å². The first-order valence-electron chi connectivity index (χ1n) is 7.72. The molecule has 0 aliphatic rings. The van der Waals surface area contributed by atoms with Gasteiger partial charge in [-0.1, -0.05) is 17.7 Å². The second-order valence-corrected chi connectivity index (χ2v) is 5.35. The molecule has 1 unspecified atom stereocenters. The number of carbonyl (C=O) groups excluding carboxylic acids is 1. The molecule has 0 bridgehead atoms. The highest BCUT2D eigenvalue weighted by molar-refractivity contribution is 5.80. The van der Waals surface area contributed by atoms with Gasteiger partial charge in [0.05, 0.1) is 18.2 Å². The fourth-order valence-electron chi connectivity index (χ4n) is 1.99. The van der Waals surface area contributed by atoms with Crippen molar-refractivity contribution < 1.29 is 14.3 Å². The number of ether oxygens (including phenoxy) is 2. The lowest BCUT2D eigenvalue weighted by atomic mass is 10.2. The highest BCUT2D eigenvalue weighted by atomic mass is 16.5. The Morgan fingerprint density at radius 1 is 1.12 bits per heavy atom. The summed E-state index contributed by atoms with van der Waals surface area (Å²) < 4.78 is 11.1. The Labute approximate surface area is 141 Å². The second kappa shape index (κ2) is 8.59. The minimum Gasteiger partial charge on any atom is -0.492 e. The Morgan fingerprint density at radius 2 is 1.75 bits per heavy atom. The summed E-state index contributed by atoms with van der Waals surface area (Å²) in [6.07, 6.45) is -0.627. The molecular weight excluding hydrogens is 304 g/mol. The third-order valence-corrected chi connectivity index (χ3v) is 3.36. The number of amides is 1. The predicted molar refractivity (Wildman–Crippen MR) is 90.9 cm³/mol. The molecule has 0 aliphatic heterocycles. The maximum absolute atomic E-state index is 12.0. The van der Waals surface area contributed by atoms with Crippen molar-refractivity contribution in [2.45, 2.75) is 20.0 Å². The molecule has 1 amide bonds. The van der Waals surface area contributed by atoms with E-state index < -0.39 is 6.10 Å². The lowest BCUT2D eigenvalue weighted by Crippen LogP contribution is -2.38. The Morgan fingerprint density at radius 3 is 2.38 bits per heavy atom. The number of benzene rings is 2. The van der Waals surface area contributed by atoms with E-state index in [9.17, 15) is 4.79 Å². The molecule has 124 valence electrons. The van der Waals surface area contributed by atoms with Crippen molar-refractivity contribution in [1.29, 1.82) is 5.26 Å². The van der Waals surface area contributed by atoms with Crippen molar-refractivity contribution in [3.8, 4) is 17.6 Å². The molecule has 0 saturated carbocycles. The summed E-state index contributed by atoms with van der Waals surface area (Å²) >= 11 is 0. The first-order chi connectivity index (χ1) is 11.6. The zero-order chi connectivity index (χ0) is 17.4. The number of nitrogens with zero attached hydrogens (tertiary/aromatic N) is 1. The van der Waals surface area contributed by atoms with E-state index in [-0.39, 0.29) is 5.91 Å². The Kier molecular flexibility index (Phi) is 6.21. The molecule has 0 heterocycles. The van der Waals surface area contributed by atoms with E-state index in [2.05, 4.69) is 5.32 Å². The molecule has 0 saturated heterocycles. The molecule has 5 nitrogen and oxygen atoms in total. The van der Waals surface area contributed by atoms with Gasteiger partial charge >= 0.3 is 0 Å². The van der Waals surface area contributed by atoms with Crippen LogP contribution in [0.2, 0.25) is 0 Å². The summed E-state index contributed by atoms with van der Waals surface area (Å²) in [4.78, 5) is 12.0. The van der Waals surface area contributed by atoms with Crippen LogP contribution < -0.4 is 14.8 Å². The SMILES string of the molecule is Cc1ccc(OCCNC(=O)C(C)Oc2ccc(C#N)cc2)cc1. The van der Waals surface area contributed by atoms with Crippen LogP contribution >= 0.6 is 0 Å². The van der Waals surface area contributed by atoms with Crippen LogP contribution in [0.3, 0.4) is 0 Å². The van der Waals surface area contributed by atoms with Crippen LogP contribution in [0.5, 0.6) is 11.5 Å². The van der Waals surface area contributed by atoms with Crippen LogP contribution in [0.25, 0.3) is 0 Å². The van der Waals surface area contributed by atoms with Gasteiger partial charge in [0, 0.05) is 0 Å². The first kappa shape index (κ1) is 17.4. The van der Waals surface area contributed by atoms with Crippen LogP contribution in [-0.2, 0) is 4.79 Å². The lowest BCUT2D eigenvalue weighted by molar-refractivity contribution is -0.127. The van der Waals surface area contributed by atoms with Crippen LogP contribution in [-0.4, -0.2) is 25.2 Å². The average molecular weight is 324 g/mol. The molecule has 2 aromatic carbocycles. The zero-order valence-corrected chi connectivity index (χ0v) is 13.8. The Bertz CT molecular complexity index is 703. The van der Waals surface area contributed by atoms with E-state index >= 15 is 0 Å². The molecule has 2 aromatic rings. The molecule has 0 radical (unpaired) electrons. The minimum absolute atomic E-state index is 0.216. The van der Waals surface area contributed by atoms with E-state index in [0.29, 0.717) is 24.5 Å². The molecule has 5 heteroatoms. The average Bonchev–Trinajstić information content (AvgIpc) is 2.60. The van der Waals surface area contributed by atoms with Crippen molar-refractivity contribution >= 4 is 5.91 Å². The third-order valence-electron chi connectivity index (χ3n) is 3.36. The van der Waals surface area contributed by atoms with Crippen LogP contribution in [0, 0.1) is 18.3 Å². The molecule has 1 N–H and O–H groups in total. The normalized spacial score (nSPS) is 11.2. The molecular formula is C19H20N2O3. The molecule has 0 fully saturated rings. The van der Waals surface area contributed by atoms with E-state index in [1.807, 2.05) is 37.3 Å². The minimum atomic E-state index is -0.627. The van der Waals surface area contributed by atoms with Gasteiger partial charge in [-0.3, -0.25) is 4.79 Å². The largest absolute Gasteiger partial charge is 0.492 e. The van der Waals surface area contributed by atoms with Gasteiger partial charge in [-0.05, 0) is 50.2 Å². The van der Waals surface area contributed by atoms with Gasteiger partial charge in [-0.25, -0.2) is 0 Å². The Hall–Kier alpha value is -3.00. The van der Waals surface area contributed by atoms with Crippen LogP contribution in [0.15, 0.2) is 48.5 Å². The highest BCUT2D eigenvalue weighted by Gasteiger charge is 2.14. The molecule has 0 aromatic heterocycles. The van der Waals surface area contributed by atoms with E-state index in [0.717, 1.165) is 5.75 Å². The lowest BCUT2D eigenvalue weighted by Gasteiger charge is -2.15. The summed E-state index contributed by atoms with van der Waals surface area (Å²) in [6.45, 7) is 4.47. The number of nitrogens with one attached hydrogen (secondary N) is 1. The number of rotatable bonds is 7. The standard InChI is InChI=1S/C19H20N2O3/c1-14-3-7-17(8-4-14)23-12-11-21-19(22)15(2)24-18-9-5-16(13-20)6-10-18/h3-10,15H,11-12H2,1-2H3,(H,21,22). The summed E-state index contributed by atoms with van der Waals surface area (Å²) in [5.74, 6) is 1.11. The quantitative estimate of drug-likeness (QED) is 0.795. The van der Waals surface area contributed by atoms with Gasteiger partial charge in [0.1, 0.15) is 18.1 Å². The van der Waals surface area contributed by atoms with Gasteiger partial charge in [-0.15, -0.1) is 0 Å². The molecule has 0 spiro atoms. The monoisotopic (exact) mass is 324 g/mol. The number of hydrogen-bond donors (Lipinski definition) is 1. The number of hydrogen-bond acceptors (Lipinski definition) is 4. The first-order valence-corrected chi connectivity index (χ1v) is 7.72. The maximum Gasteiger partial charge on any atom is 0.260 e. The van der Waals surface area contributed by atoms with Crippen molar-refractivity contribution in [3.63, 3.8) is 0 Å². The summed E-state index contributed by atoms with van der Waals surface area (Å²) in [7, 11) is 0. The summed E-state index contributed by atoms with van der Waals surface area (Å²) in [6, 6.07) is 16.4. The molecule has 24 heavy (non-hydrogen) atoms. The fourth-order valence-corrected chi connectivity index (χ4v) is 1.99. The second-order valence-electron chi connectivity index (χ2n) is 5.35. The Balaban J connectivity index is 1.71. The van der Waals surface area contributed by atoms with Crippen molar-refractivity contribution in [2.75, 3.05) is 13.2 Å². The number of carbonyl (C=O) groups is 1. The molecule has 0 aliphatic carbocycles. The van der Waals surface area contributed by atoms with Crippen molar-refractivity contribution in [1.82, 2.24) is 5.32 Å². The number of nitriles is 1. The van der Waals surface area contributed by atoms with E-state index in [1.54, 1.807) is 31.2 Å². The van der Waals surface area contributed by atoms with Gasteiger partial charge in [0.2, 0.25) is 0 Å². The van der Waals surface area contributed by atoms with Gasteiger partial charge < -0.3 is 14.8 Å². The smallest absolute Gasteiger partial charge is 0.260 e. The van der Waals surface area contributed by atoms with Gasteiger partial charge in [0.15, 0.2) is 6.10 Å². The molecule has 2 rings (SSSR count). The van der Waals surface area contributed by atoms with Crippen LogP contribution in [0.4, 0.5) is 0 Å². The summed E-state index contributed by atoms with van der Waals surface area (Å²) in [5.41, 5.74) is 1.72. The van der Waals surface area contributed by atoms with E-state index in [1.165, 1.54) is 5.56 Å². The molecule has 1 atom stereocenters. The van der Waals surface area contributed by atoms with Gasteiger partial charge in [0.25, 0.3) is 5.91 Å². The van der Waals surface area contributed by atoms with Crippen molar-refractivity contribution in [3.05, 3.63) is 59.7 Å². The van der Waals surface area contributed by atoms with Crippen molar-refractivity contribution in [2.24, 2.45) is 0 Å². The maximum atomic E-state index is 12.0. The van der Waals surface area contributed by atoms with E-state index in [4.69, 9.17) is 14.7 Å². The third kappa shape index (κ3) is 5.33. The number of aryl methyl sites for hydroxylation is 1. The van der Waals surface area contributed by atoms with Crippen LogP contribution in [0.1, 0.15) is 18.1 Å². The summed E-state index contributed by atoms with van der Waals surface area (Å²) in [5, 5.41) is 11.5. The highest BCUT2D eigenvalue weighted by Crippen LogP contribution is 2.13. The predicted octanol–water partition coefficient (Wildman–Crippen LogP) is 2.83. The fraction of sp³-hybridized carbons (Fsp3) is 0.263. The zero-order valence-electron chi connectivity index (χ0n) is 13.8. The van der Waals surface area contributed by atoms with Gasteiger partial charge in [-0.2, -0.15) is 5.26 Å².